The van der Waals surface area contributed by atoms with Gasteiger partial charge in [0.2, 0.25) is 0 Å². The Labute approximate surface area is 160 Å². The van der Waals surface area contributed by atoms with E-state index in [9.17, 15) is 4.79 Å². The van der Waals surface area contributed by atoms with E-state index in [0.717, 1.165) is 16.9 Å². The van der Waals surface area contributed by atoms with Gasteiger partial charge in [0, 0.05) is 22.5 Å². The lowest BCUT2D eigenvalue weighted by Crippen LogP contribution is -2.14. The molecule has 0 aliphatic carbocycles. The van der Waals surface area contributed by atoms with Gasteiger partial charge in [-0.15, -0.1) is 0 Å². The fourth-order valence-corrected chi connectivity index (χ4v) is 3.01. The van der Waals surface area contributed by atoms with Gasteiger partial charge >= 0.3 is 0 Å². The zero-order valence-electron chi connectivity index (χ0n) is 15.4. The van der Waals surface area contributed by atoms with Crippen molar-refractivity contribution < 1.29 is 9.21 Å². The Bertz CT molecular complexity index is 1210. The summed E-state index contributed by atoms with van der Waals surface area (Å²) < 4.78 is 6.68. The molecule has 0 bridgehead atoms. The number of furan rings is 1. The van der Waals surface area contributed by atoms with E-state index >= 15 is 0 Å². The van der Waals surface area contributed by atoms with E-state index in [1.807, 2.05) is 13.8 Å². The number of nitrogens with one attached hydrogen (secondary N) is 2. The highest BCUT2D eigenvalue weighted by atomic mass is 16.3. The molecule has 0 spiro atoms. The molecule has 3 heterocycles. The maximum Gasteiger partial charge on any atom is 0.276 e. The van der Waals surface area contributed by atoms with Crippen LogP contribution in [0.2, 0.25) is 0 Å². The van der Waals surface area contributed by atoms with Gasteiger partial charge in [-0.05, 0) is 44.2 Å². The van der Waals surface area contributed by atoms with Crippen LogP contribution in [0.5, 0.6) is 0 Å². The lowest BCUT2D eigenvalue weighted by atomic mass is 10.0. The maximum atomic E-state index is 12.7. The molecule has 0 fully saturated rings. The minimum absolute atomic E-state index is 0.215. The van der Waals surface area contributed by atoms with Crippen LogP contribution in [0.15, 0.2) is 53.5 Å². The Hall–Kier alpha value is -3.94. The first-order valence-corrected chi connectivity index (χ1v) is 8.58. The molecule has 1 amide bonds. The van der Waals surface area contributed by atoms with Gasteiger partial charge in [-0.25, -0.2) is 4.52 Å². The molecule has 3 aromatic heterocycles. The molecule has 4 aromatic rings. The quantitative estimate of drug-likeness (QED) is 0.374. The number of carbonyl (C=O) groups is 1. The molecule has 8 heteroatoms. The highest BCUT2D eigenvalue weighted by Gasteiger charge is 2.15. The molecule has 0 saturated carbocycles. The molecular formula is C20H18N6O2. The maximum absolute atomic E-state index is 12.7. The topological polar surface area (TPSA) is 122 Å². The lowest BCUT2D eigenvalue weighted by molar-refractivity contribution is 0.102. The minimum atomic E-state index is -0.355. The number of aromatic nitrogens is 3. The predicted molar refractivity (Wildman–Crippen MR) is 106 cm³/mol. The second kappa shape index (κ2) is 6.66. The largest absolute Gasteiger partial charge is 0.472 e. The van der Waals surface area contributed by atoms with E-state index in [2.05, 4.69) is 15.4 Å². The normalized spacial score (nSPS) is 10.9. The van der Waals surface area contributed by atoms with Crippen molar-refractivity contribution in [3.05, 3.63) is 77.3 Å². The standard InChI is InChI=1S/C20H18N6O2/c1-11-9-26-18(12(2)23-11)8-17(25-26)20(27)24-14-3-4-16(21)15(7-14)19(22)13-5-6-28-10-13/h3-10,22H,21H2,1-2H3,(H,24,27). The molecule has 0 saturated heterocycles. The third kappa shape index (κ3) is 3.11. The summed E-state index contributed by atoms with van der Waals surface area (Å²) in [5, 5.41) is 15.5. The first-order chi connectivity index (χ1) is 13.4. The van der Waals surface area contributed by atoms with Crippen molar-refractivity contribution in [3.63, 3.8) is 0 Å². The summed E-state index contributed by atoms with van der Waals surface area (Å²) in [5.41, 5.74) is 11.0. The van der Waals surface area contributed by atoms with Crippen LogP contribution >= 0.6 is 0 Å². The number of nitrogens with zero attached hydrogens (tertiary/aromatic N) is 3. The number of nitrogen functional groups attached to an aromatic ring is 1. The second-order valence-corrected chi connectivity index (χ2v) is 6.47. The molecule has 0 radical (unpaired) electrons. The zero-order chi connectivity index (χ0) is 19.8. The van der Waals surface area contributed by atoms with Crippen LogP contribution in [0.3, 0.4) is 0 Å². The third-order valence-corrected chi connectivity index (χ3v) is 4.38. The Kier molecular flexibility index (Phi) is 4.15. The first-order valence-electron chi connectivity index (χ1n) is 8.58. The van der Waals surface area contributed by atoms with Crippen molar-refractivity contribution in [2.45, 2.75) is 13.8 Å². The smallest absolute Gasteiger partial charge is 0.276 e. The Morgan fingerprint density at radius 1 is 1.25 bits per heavy atom. The number of hydrogen-bond acceptors (Lipinski definition) is 6. The number of nitrogens with two attached hydrogens (primary N) is 1. The van der Waals surface area contributed by atoms with Crippen LogP contribution in [0.25, 0.3) is 5.52 Å². The van der Waals surface area contributed by atoms with Gasteiger partial charge in [0.25, 0.3) is 5.91 Å². The van der Waals surface area contributed by atoms with Gasteiger partial charge in [0.05, 0.1) is 41.3 Å². The van der Waals surface area contributed by atoms with E-state index in [1.165, 1.54) is 12.5 Å². The number of fused-ring (bicyclic) bond motifs is 1. The van der Waals surface area contributed by atoms with Crippen LogP contribution in [0.1, 0.15) is 33.0 Å². The summed E-state index contributed by atoms with van der Waals surface area (Å²) in [5.74, 6) is -0.355. The average Bonchev–Trinajstić information content (AvgIpc) is 3.32. The first kappa shape index (κ1) is 17.5. The van der Waals surface area contributed by atoms with Crippen molar-refractivity contribution in [2.24, 2.45) is 0 Å². The zero-order valence-corrected chi connectivity index (χ0v) is 15.4. The van der Waals surface area contributed by atoms with Crippen LogP contribution in [0.4, 0.5) is 11.4 Å². The summed E-state index contributed by atoms with van der Waals surface area (Å²) in [4.78, 5) is 17.1. The number of rotatable bonds is 4. The molecule has 0 unspecified atom stereocenters. The van der Waals surface area contributed by atoms with Crippen LogP contribution in [-0.2, 0) is 0 Å². The predicted octanol–water partition coefficient (Wildman–Crippen LogP) is 3.19. The van der Waals surface area contributed by atoms with Crippen LogP contribution in [-0.4, -0.2) is 26.2 Å². The lowest BCUT2D eigenvalue weighted by Gasteiger charge is -2.09. The summed E-state index contributed by atoms with van der Waals surface area (Å²) in [6.45, 7) is 3.75. The third-order valence-electron chi connectivity index (χ3n) is 4.38. The van der Waals surface area contributed by atoms with E-state index in [-0.39, 0.29) is 17.3 Å². The van der Waals surface area contributed by atoms with Crippen LogP contribution < -0.4 is 11.1 Å². The van der Waals surface area contributed by atoms with Gasteiger partial charge < -0.3 is 15.5 Å². The molecule has 8 nitrogen and oxygen atoms in total. The highest BCUT2D eigenvalue weighted by molar-refractivity contribution is 6.14. The Morgan fingerprint density at radius 3 is 2.82 bits per heavy atom. The molecule has 28 heavy (non-hydrogen) atoms. The monoisotopic (exact) mass is 374 g/mol. The molecule has 4 N–H and O–H groups in total. The summed E-state index contributed by atoms with van der Waals surface area (Å²) >= 11 is 0. The fraction of sp³-hybridized carbons (Fsp3) is 0.100. The van der Waals surface area contributed by atoms with Gasteiger partial charge in [0.15, 0.2) is 5.69 Å². The summed E-state index contributed by atoms with van der Waals surface area (Å²) in [6.07, 6.45) is 4.74. The van der Waals surface area contributed by atoms with Crippen molar-refractivity contribution in [2.75, 3.05) is 11.1 Å². The van der Waals surface area contributed by atoms with Crippen molar-refractivity contribution >= 4 is 28.5 Å². The number of amides is 1. The summed E-state index contributed by atoms with van der Waals surface area (Å²) in [6, 6.07) is 8.38. The van der Waals surface area contributed by atoms with Gasteiger partial charge in [-0.1, -0.05) is 0 Å². The highest BCUT2D eigenvalue weighted by Crippen LogP contribution is 2.22. The number of hydrogen-bond donors (Lipinski definition) is 3. The second-order valence-electron chi connectivity index (χ2n) is 6.47. The van der Waals surface area contributed by atoms with Crippen molar-refractivity contribution in [3.8, 4) is 0 Å². The Balaban J connectivity index is 1.62. The SMILES string of the molecule is Cc1cn2nc(C(=O)Nc3ccc(N)c(C(=N)c4ccoc4)c3)cc2c(C)n1. The van der Waals surface area contributed by atoms with Gasteiger partial charge in [-0.3, -0.25) is 15.2 Å². The molecular weight excluding hydrogens is 356 g/mol. The van der Waals surface area contributed by atoms with E-state index in [1.54, 1.807) is 41.0 Å². The molecule has 0 aliphatic rings. The number of aryl methyl sites for hydroxylation is 2. The molecule has 140 valence electrons. The van der Waals surface area contributed by atoms with Gasteiger partial charge in [0.1, 0.15) is 0 Å². The van der Waals surface area contributed by atoms with E-state index in [0.29, 0.717) is 22.5 Å². The molecule has 0 atom stereocenters. The van der Waals surface area contributed by atoms with Gasteiger partial charge in [-0.2, -0.15) is 5.10 Å². The molecule has 4 rings (SSSR count). The molecule has 0 aliphatic heterocycles. The fourth-order valence-electron chi connectivity index (χ4n) is 3.01. The Morgan fingerprint density at radius 2 is 2.07 bits per heavy atom. The number of carbonyl (C=O) groups excluding carboxylic acids is 1. The minimum Gasteiger partial charge on any atom is -0.472 e. The van der Waals surface area contributed by atoms with E-state index < -0.39 is 0 Å². The van der Waals surface area contributed by atoms with Crippen LogP contribution in [0, 0.1) is 19.3 Å². The summed E-state index contributed by atoms with van der Waals surface area (Å²) in [7, 11) is 0. The number of anilines is 2. The van der Waals surface area contributed by atoms with Crippen molar-refractivity contribution in [1.82, 2.24) is 14.6 Å². The average molecular weight is 374 g/mol. The molecule has 1 aromatic carbocycles. The number of benzene rings is 1. The van der Waals surface area contributed by atoms with Crippen molar-refractivity contribution in [1.29, 1.82) is 5.41 Å². The van der Waals surface area contributed by atoms with E-state index in [4.69, 9.17) is 15.6 Å².